The fourth-order valence-electron chi connectivity index (χ4n) is 7.60. The second-order valence-corrected chi connectivity index (χ2v) is 16.2. The van der Waals surface area contributed by atoms with Gasteiger partial charge < -0.3 is 9.32 Å². The van der Waals surface area contributed by atoms with Crippen molar-refractivity contribution in [3.63, 3.8) is 0 Å². The summed E-state index contributed by atoms with van der Waals surface area (Å²) in [4.78, 5) is 8.52. The summed E-state index contributed by atoms with van der Waals surface area (Å²) < 4.78 is 8.72. The van der Waals surface area contributed by atoms with Crippen molar-refractivity contribution in [3.8, 4) is 43.5 Å². The number of rotatable bonds is 7. The van der Waals surface area contributed by atoms with Gasteiger partial charge >= 0.3 is 0 Å². The Balaban J connectivity index is 0.941. The molecule has 0 fully saturated rings. The van der Waals surface area contributed by atoms with Gasteiger partial charge in [0.2, 0.25) is 0 Å². The van der Waals surface area contributed by atoms with Crippen LogP contribution in [0.1, 0.15) is 0 Å². The molecule has 264 valence electrons. The van der Waals surface area contributed by atoms with Crippen LogP contribution in [0.3, 0.4) is 0 Å². The first-order valence-electron chi connectivity index (χ1n) is 18.7. The number of benzene rings is 8. The minimum Gasteiger partial charge on any atom is -0.456 e. The lowest BCUT2D eigenvalue weighted by Gasteiger charge is -2.26. The van der Waals surface area contributed by atoms with Crippen LogP contribution in [0, 0.1) is 0 Å². The van der Waals surface area contributed by atoms with Crippen molar-refractivity contribution < 1.29 is 4.42 Å². The molecule has 0 atom stereocenters. The van der Waals surface area contributed by atoms with Crippen LogP contribution in [0.4, 0.5) is 17.1 Å². The van der Waals surface area contributed by atoms with Gasteiger partial charge in [-0.1, -0.05) is 84.9 Å². The Bertz CT molecular complexity index is 2970. The number of fused-ring (bicyclic) bond motifs is 4. The summed E-state index contributed by atoms with van der Waals surface area (Å²) >= 11 is 3.57. The van der Waals surface area contributed by atoms with Crippen LogP contribution in [0.25, 0.3) is 85.5 Å². The fraction of sp³-hybridized carbons (Fsp3) is 0. The highest BCUT2D eigenvalue weighted by Gasteiger charge is 2.16. The molecule has 8 aromatic carbocycles. The Hall–Kier alpha value is -6.79. The summed E-state index contributed by atoms with van der Waals surface area (Å²) in [7, 11) is 0. The molecule has 56 heavy (non-hydrogen) atoms. The standard InChI is InChI=1S/C51H32N2OS2/c1-4-10-46-38(7-1)31-47(54-46)35-19-25-43(26-20-35)53(44-27-21-36(22-28-44)51-52-45-9-3-6-12-49(45)56-51)42-23-17-33(18-24-42)37-15-13-34-14-16-40(30-41(34)29-37)50-32-39-8-2-5-11-48(39)55-50/h1-32H. The lowest BCUT2D eigenvalue weighted by atomic mass is 9.99. The molecule has 0 aliphatic carbocycles. The molecule has 11 aromatic rings. The Morgan fingerprint density at radius 2 is 0.982 bits per heavy atom. The molecule has 0 saturated heterocycles. The Morgan fingerprint density at radius 1 is 0.393 bits per heavy atom. The maximum absolute atomic E-state index is 6.21. The van der Waals surface area contributed by atoms with Crippen LogP contribution in [0.5, 0.6) is 0 Å². The van der Waals surface area contributed by atoms with Crippen molar-refractivity contribution in [3.05, 3.63) is 194 Å². The average molecular weight is 753 g/mol. The van der Waals surface area contributed by atoms with Crippen LogP contribution < -0.4 is 4.90 Å². The van der Waals surface area contributed by atoms with Gasteiger partial charge in [-0.2, -0.15) is 0 Å². The third-order valence-electron chi connectivity index (χ3n) is 10.5. The predicted octanol–water partition coefficient (Wildman–Crippen LogP) is 15.5. The third kappa shape index (κ3) is 5.95. The largest absolute Gasteiger partial charge is 0.456 e. The van der Waals surface area contributed by atoms with Crippen LogP contribution in [-0.2, 0) is 0 Å². The van der Waals surface area contributed by atoms with Gasteiger partial charge in [-0.3, -0.25) is 0 Å². The maximum Gasteiger partial charge on any atom is 0.135 e. The van der Waals surface area contributed by atoms with E-state index in [1.165, 1.54) is 47.1 Å². The first-order chi connectivity index (χ1) is 27.7. The van der Waals surface area contributed by atoms with E-state index < -0.39 is 0 Å². The number of hydrogen-bond donors (Lipinski definition) is 0. The SMILES string of the molecule is c1ccc2oc(-c3ccc(N(c4ccc(-c5ccc6ccc(-c7cc8ccccc8s7)cc6c5)cc4)c4ccc(-c5nc6ccccc6s5)cc4)cc3)cc2c1. The lowest BCUT2D eigenvalue weighted by molar-refractivity contribution is 0.631. The molecule has 3 aromatic heterocycles. The topological polar surface area (TPSA) is 29.3 Å². The Kier molecular flexibility index (Phi) is 7.87. The first-order valence-corrected chi connectivity index (χ1v) is 20.3. The predicted molar refractivity (Wildman–Crippen MR) is 239 cm³/mol. The lowest BCUT2D eigenvalue weighted by Crippen LogP contribution is -2.09. The van der Waals surface area contributed by atoms with Crippen molar-refractivity contribution >= 4 is 81.8 Å². The minimum atomic E-state index is 0.861. The van der Waals surface area contributed by atoms with Crippen molar-refractivity contribution in [1.82, 2.24) is 4.98 Å². The van der Waals surface area contributed by atoms with Gasteiger partial charge in [0.25, 0.3) is 0 Å². The van der Waals surface area contributed by atoms with Gasteiger partial charge in [0.05, 0.1) is 10.2 Å². The zero-order valence-corrected chi connectivity index (χ0v) is 31.7. The molecule has 3 nitrogen and oxygen atoms in total. The van der Waals surface area contributed by atoms with Gasteiger partial charge in [0.15, 0.2) is 0 Å². The van der Waals surface area contributed by atoms with Gasteiger partial charge in [-0.15, -0.1) is 22.7 Å². The highest BCUT2D eigenvalue weighted by molar-refractivity contribution is 7.22. The molecule has 5 heteroatoms. The molecule has 0 spiro atoms. The summed E-state index contributed by atoms with van der Waals surface area (Å²) in [5, 5.41) is 5.89. The molecule has 0 aliphatic rings. The Morgan fingerprint density at radius 3 is 1.70 bits per heavy atom. The summed E-state index contributed by atoms with van der Waals surface area (Å²) in [5.41, 5.74) is 10.9. The van der Waals surface area contributed by atoms with Crippen LogP contribution in [-0.4, -0.2) is 4.98 Å². The van der Waals surface area contributed by atoms with E-state index in [0.717, 1.165) is 55.4 Å². The van der Waals surface area contributed by atoms with E-state index in [1.807, 2.05) is 35.6 Å². The average Bonchev–Trinajstić information content (AvgIpc) is 4.01. The molecule has 11 rings (SSSR count). The number of para-hydroxylation sites is 2. The molecule has 0 unspecified atom stereocenters. The van der Waals surface area contributed by atoms with E-state index in [1.54, 1.807) is 11.3 Å². The quantitative estimate of drug-likeness (QED) is 0.162. The number of thiazole rings is 1. The molecule has 0 N–H and O–H groups in total. The summed E-state index contributed by atoms with van der Waals surface area (Å²) in [6, 6.07) is 69.4. The van der Waals surface area contributed by atoms with Crippen molar-refractivity contribution in [2.75, 3.05) is 4.90 Å². The highest BCUT2D eigenvalue weighted by atomic mass is 32.1. The van der Waals surface area contributed by atoms with E-state index in [0.29, 0.717) is 0 Å². The van der Waals surface area contributed by atoms with Crippen molar-refractivity contribution in [2.45, 2.75) is 0 Å². The smallest absolute Gasteiger partial charge is 0.135 e. The summed E-state index contributed by atoms with van der Waals surface area (Å²) in [6.07, 6.45) is 0. The summed E-state index contributed by atoms with van der Waals surface area (Å²) in [6.45, 7) is 0. The van der Waals surface area contributed by atoms with Crippen molar-refractivity contribution in [1.29, 1.82) is 0 Å². The number of furan rings is 1. The molecule has 0 bridgehead atoms. The third-order valence-corrected chi connectivity index (χ3v) is 12.8. The van der Waals surface area contributed by atoms with Crippen LogP contribution in [0.2, 0.25) is 0 Å². The van der Waals surface area contributed by atoms with E-state index in [4.69, 9.17) is 9.40 Å². The molecular weight excluding hydrogens is 721 g/mol. The number of thiophene rings is 1. The van der Waals surface area contributed by atoms with Gasteiger partial charge in [0.1, 0.15) is 16.4 Å². The van der Waals surface area contributed by atoms with Gasteiger partial charge in [0, 0.05) is 43.2 Å². The normalized spacial score (nSPS) is 11.6. The monoisotopic (exact) mass is 752 g/mol. The first kappa shape index (κ1) is 32.6. The molecular formula is C51H32N2OS2. The van der Waals surface area contributed by atoms with Gasteiger partial charge in [-0.25, -0.2) is 4.98 Å². The van der Waals surface area contributed by atoms with Crippen molar-refractivity contribution in [2.24, 2.45) is 0 Å². The van der Waals surface area contributed by atoms with E-state index >= 15 is 0 Å². The maximum atomic E-state index is 6.21. The second-order valence-electron chi connectivity index (χ2n) is 14.0. The summed E-state index contributed by atoms with van der Waals surface area (Å²) in [5.74, 6) is 0.861. The zero-order valence-electron chi connectivity index (χ0n) is 30.1. The van der Waals surface area contributed by atoms with E-state index in [9.17, 15) is 0 Å². The number of aromatic nitrogens is 1. The molecule has 0 aliphatic heterocycles. The van der Waals surface area contributed by atoms with Crippen LogP contribution in [0.15, 0.2) is 199 Å². The number of anilines is 3. The number of nitrogens with zero attached hydrogens (tertiary/aromatic N) is 2. The van der Waals surface area contributed by atoms with E-state index in [-0.39, 0.29) is 0 Å². The fourth-order valence-corrected chi connectivity index (χ4v) is 9.63. The highest BCUT2D eigenvalue weighted by Crippen LogP contribution is 2.40. The Labute approximate surface area is 332 Å². The number of hydrogen-bond acceptors (Lipinski definition) is 5. The van der Waals surface area contributed by atoms with Gasteiger partial charge in [-0.05, 0) is 142 Å². The van der Waals surface area contributed by atoms with Crippen LogP contribution >= 0.6 is 22.7 Å². The molecule has 0 radical (unpaired) electrons. The van der Waals surface area contributed by atoms with E-state index in [2.05, 4.69) is 175 Å². The molecule has 3 heterocycles. The second kappa shape index (κ2) is 13.5. The molecule has 0 saturated carbocycles. The minimum absolute atomic E-state index is 0.861. The zero-order chi connectivity index (χ0) is 37.0. The molecule has 0 amide bonds.